The highest BCUT2D eigenvalue weighted by molar-refractivity contribution is 7.09. The summed E-state index contributed by atoms with van der Waals surface area (Å²) in [5.41, 5.74) is 1.55. The number of carbonyl (C=O) groups is 1. The summed E-state index contributed by atoms with van der Waals surface area (Å²) in [6.07, 6.45) is 2.92. The quantitative estimate of drug-likeness (QED) is 0.520. The van der Waals surface area contributed by atoms with E-state index in [1.54, 1.807) is 17.4 Å². The third-order valence-electron chi connectivity index (χ3n) is 4.11. The van der Waals surface area contributed by atoms with Crippen molar-refractivity contribution < 1.29 is 23.4 Å². The van der Waals surface area contributed by atoms with Crippen molar-refractivity contribution in [2.45, 2.75) is 13.5 Å². The molecule has 1 aromatic heterocycles. The molecule has 30 heavy (non-hydrogen) atoms. The zero-order valence-corrected chi connectivity index (χ0v) is 17.6. The average molecular weight is 428 g/mol. The van der Waals surface area contributed by atoms with Gasteiger partial charge in [-0.15, -0.1) is 11.3 Å². The molecular weight excluding hydrogens is 407 g/mol. The molecule has 1 amide bonds. The minimum atomic E-state index is -0.628. The number of aromatic nitrogens is 1. The van der Waals surface area contributed by atoms with Crippen molar-refractivity contribution in [2.24, 2.45) is 0 Å². The molecule has 1 N–H and O–H groups in total. The van der Waals surface area contributed by atoms with E-state index < -0.39 is 11.7 Å². The molecule has 0 aliphatic carbocycles. The summed E-state index contributed by atoms with van der Waals surface area (Å²) in [5.74, 6) is 0.0476. The molecule has 3 rings (SSSR count). The zero-order chi connectivity index (χ0) is 21.5. The van der Waals surface area contributed by atoms with Crippen molar-refractivity contribution in [3.8, 4) is 17.2 Å². The molecule has 0 unspecified atom stereocenters. The van der Waals surface area contributed by atoms with Gasteiger partial charge in [0.1, 0.15) is 12.4 Å². The fourth-order valence-corrected chi connectivity index (χ4v) is 3.26. The molecule has 6 nitrogen and oxygen atoms in total. The maximum absolute atomic E-state index is 14.2. The predicted molar refractivity (Wildman–Crippen MR) is 115 cm³/mol. The number of hydrogen-bond donors (Lipinski definition) is 1. The Morgan fingerprint density at radius 2 is 1.90 bits per heavy atom. The summed E-state index contributed by atoms with van der Waals surface area (Å²) < 4.78 is 30.2. The third-order valence-corrected chi connectivity index (χ3v) is 4.93. The Labute approximate surface area is 177 Å². The molecule has 0 radical (unpaired) electrons. The molecule has 1 heterocycles. The van der Waals surface area contributed by atoms with Crippen molar-refractivity contribution in [1.29, 1.82) is 0 Å². The normalized spacial score (nSPS) is 10.8. The first kappa shape index (κ1) is 21.3. The van der Waals surface area contributed by atoms with Crippen molar-refractivity contribution in [1.82, 2.24) is 4.98 Å². The van der Waals surface area contributed by atoms with Crippen LogP contribution < -0.4 is 19.5 Å². The van der Waals surface area contributed by atoms with Gasteiger partial charge in [-0.25, -0.2) is 9.37 Å². The number of nitrogens with one attached hydrogen (secondary N) is 1. The second-order valence-corrected chi connectivity index (χ2v) is 7.26. The van der Waals surface area contributed by atoms with Crippen LogP contribution in [0.4, 0.5) is 10.1 Å². The molecule has 0 aliphatic rings. The minimum absolute atomic E-state index is 0.00858. The van der Waals surface area contributed by atoms with E-state index in [0.29, 0.717) is 23.7 Å². The summed E-state index contributed by atoms with van der Waals surface area (Å²) in [4.78, 5) is 16.7. The number of carbonyl (C=O) groups excluding carboxylic acids is 1. The number of methoxy groups -OCH3 is 2. The average Bonchev–Trinajstić information content (AvgIpc) is 3.17. The van der Waals surface area contributed by atoms with Gasteiger partial charge in [0, 0.05) is 29.2 Å². The molecule has 0 fully saturated rings. The van der Waals surface area contributed by atoms with E-state index in [1.165, 1.54) is 26.4 Å². The molecule has 3 aromatic rings. The van der Waals surface area contributed by atoms with Gasteiger partial charge in [-0.3, -0.25) is 4.79 Å². The van der Waals surface area contributed by atoms with E-state index in [2.05, 4.69) is 10.3 Å². The molecule has 0 saturated carbocycles. The summed E-state index contributed by atoms with van der Waals surface area (Å²) in [7, 11) is 2.85. The van der Waals surface area contributed by atoms with Crippen molar-refractivity contribution in [3.05, 3.63) is 69.9 Å². The van der Waals surface area contributed by atoms with Gasteiger partial charge >= 0.3 is 0 Å². The highest BCUT2D eigenvalue weighted by atomic mass is 32.1. The number of nitrogens with zero attached hydrogens (tertiary/aromatic N) is 1. The lowest BCUT2D eigenvalue weighted by molar-refractivity contribution is -0.111. The van der Waals surface area contributed by atoms with Crippen LogP contribution in [0.5, 0.6) is 17.2 Å². The molecule has 0 bridgehead atoms. The van der Waals surface area contributed by atoms with Gasteiger partial charge in [0.05, 0.1) is 30.6 Å². The third kappa shape index (κ3) is 5.36. The molecule has 156 valence electrons. The second-order valence-electron chi connectivity index (χ2n) is 6.19. The highest BCUT2D eigenvalue weighted by Gasteiger charge is 2.12. The Bertz CT molecular complexity index is 1070. The standard InChI is InChI=1S/C22H21FN2O4S/c1-14-24-16(13-30-14)12-29-19-7-5-4-6-15(19)8-9-22(26)25-18-11-21(28-3)20(27-2)10-17(18)23/h4-11,13H,12H2,1-3H3,(H,25,26)/b9-8+. The summed E-state index contributed by atoms with van der Waals surface area (Å²) in [6, 6.07) is 9.84. The van der Waals surface area contributed by atoms with Crippen LogP contribution in [0.3, 0.4) is 0 Å². The number of ether oxygens (including phenoxy) is 3. The lowest BCUT2D eigenvalue weighted by Gasteiger charge is -2.11. The number of anilines is 1. The minimum Gasteiger partial charge on any atom is -0.493 e. The predicted octanol–water partition coefficient (Wildman–Crippen LogP) is 4.84. The Kier molecular flexibility index (Phi) is 7.03. The summed E-state index contributed by atoms with van der Waals surface area (Å²) in [5, 5.41) is 5.42. The van der Waals surface area contributed by atoms with Crippen LogP contribution in [-0.2, 0) is 11.4 Å². The van der Waals surface area contributed by atoms with Gasteiger partial charge in [-0.1, -0.05) is 18.2 Å². The fourth-order valence-electron chi connectivity index (χ4n) is 2.67. The Morgan fingerprint density at radius 3 is 2.60 bits per heavy atom. The van der Waals surface area contributed by atoms with Gasteiger partial charge in [-0.05, 0) is 19.1 Å². The van der Waals surface area contributed by atoms with Crippen molar-refractivity contribution >= 4 is 29.0 Å². The zero-order valence-electron chi connectivity index (χ0n) is 16.8. The number of aryl methyl sites for hydroxylation is 1. The smallest absolute Gasteiger partial charge is 0.248 e. The van der Waals surface area contributed by atoms with Crippen LogP contribution >= 0.6 is 11.3 Å². The molecule has 8 heteroatoms. The lowest BCUT2D eigenvalue weighted by Crippen LogP contribution is -2.10. The van der Waals surface area contributed by atoms with Crippen LogP contribution in [0.25, 0.3) is 6.08 Å². The van der Waals surface area contributed by atoms with Gasteiger partial charge in [0.25, 0.3) is 0 Å². The van der Waals surface area contributed by atoms with E-state index >= 15 is 0 Å². The van der Waals surface area contributed by atoms with Crippen LogP contribution in [-0.4, -0.2) is 25.1 Å². The highest BCUT2D eigenvalue weighted by Crippen LogP contribution is 2.32. The lowest BCUT2D eigenvalue weighted by atomic mass is 10.2. The Hall–Kier alpha value is -3.39. The Morgan fingerprint density at radius 1 is 1.17 bits per heavy atom. The van der Waals surface area contributed by atoms with Crippen LogP contribution in [0.1, 0.15) is 16.3 Å². The maximum Gasteiger partial charge on any atom is 0.248 e. The number of para-hydroxylation sites is 1. The molecule has 0 saturated heterocycles. The fraction of sp³-hybridized carbons (Fsp3) is 0.182. The number of thiazole rings is 1. The van der Waals surface area contributed by atoms with Gasteiger partial charge in [-0.2, -0.15) is 0 Å². The first-order chi connectivity index (χ1) is 14.5. The molecule has 2 aromatic carbocycles. The molecule has 0 spiro atoms. The maximum atomic E-state index is 14.2. The first-order valence-electron chi connectivity index (χ1n) is 9.03. The van der Waals surface area contributed by atoms with E-state index in [4.69, 9.17) is 14.2 Å². The van der Waals surface area contributed by atoms with Crippen LogP contribution in [0.2, 0.25) is 0 Å². The van der Waals surface area contributed by atoms with E-state index in [0.717, 1.165) is 16.8 Å². The van der Waals surface area contributed by atoms with Gasteiger partial charge in [0.2, 0.25) is 5.91 Å². The van der Waals surface area contributed by atoms with Crippen molar-refractivity contribution in [3.63, 3.8) is 0 Å². The summed E-state index contributed by atoms with van der Waals surface area (Å²) >= 11 is 1.56. The Balaban J connectivity index is 1.69. The number of benzene rings is 2. The monoisotopic (exact) mass is 428 g/mol. The van der Waals surface area contributed by atoms with E-state index in [9.17, 15) is 9.18 Å². The van der Waals surface area contributed by atoms with E-state index in [-0.39, 0.29) is 11.4 Å². The SMILES string of the molecule is COc1cc(F)c(NC(=O)/C=C/c2ccccc2OCc2csc(C)n2)cc1OC. The van der Waals surface area contributed by atoms with Crippen molar-refractivity contribution in [2.75, 3.05) is 19.5 Å². The summed E-state index contributed by atoms with van der Waals surface area (Å²) in [6.45, 7) is 2.27. The van der Waals surface area contributed by atoms with Gasteiger partial charge < -0.3 is 19.5 Å². The topological polar surface area (TPSA) is 69.7 Å². The molecule has 0 atom stereocenters. The van der Waals surface area contributed by atoms with Crippen LogP contribution in [0, 0.1) is 12.7 Å². The molecule has 0 aliphatic heterocycles. The first-order valence-corrected chi connectivity index (χ1v) is 9.91. The molecular formula is C22H21FN2O4S. The number of halogens is 1. The van der Waals surface area contributed by atoms with Crippen LogP contribution in [0.15, 0.2) is 47.9 Å². The number of hydrogen-bond acceptors (Lipinski definition) is 6. The second kappa shape index (κ2) is 9.89. The van der Waals surface area contributed by atoms with Gasteiger partial charge in [0.15, 0.2) is 17.3 Å². The van der Waals surface area contributed by atoms with E-state index in [1.807, 2.05) is 36.6 Å². The largest absolute Gasteiger partial charge is 0.493 e. The number of rotatable bonds is 8. The number of amides is 1.